The van der Waals surface area contributed by atoms with Gasteiger partial charge in [0.15, 0.2) is 0 Å². The molecule has 18 heavy (non-hydrogen) atoms. The zero-order valence-corrected chi connectivity index (χ0v) is 13.3. The number of hydrogen-bond acceptors (Lipinski definition) is 1. The Hall–Kier alpha value is -0.980. The molecule has 0 saturated carbocycles. The van der Waals surface area contributed by atoms with E-state index in [2.05, 4.69) is 67.5 Å². The van der Waals surface area contributed by atoms with Crippen LogP contribution in [0.2, 0.25) is 0 Å². The van der Waals surface area contributed by atoms with Crippen LogP contribution in [0.3, 0.4) is 0 Å². The summed E-state index contributed by atoms with van der Waals surface area (Å²) in [5.41, 5.74) is 4.24. The highest BCUT2D eigenvalue weighted by Gasteiger charge is 2.20. The molecule has 0 aliphatic heterocycles. The van der Waals surface area contributed by atoms with Gasteiger partial charge >= 0.3 is 0 Å². The minimum atomic E-state index is 0.164. The molecule has 0 N–H and O–H groups in total. The molecule has 0 atom stereocenters. The Morgan fingerprint density at radius 2 is 1.50 bits per heavy atom. The molecular formula is C17H28O. The van der Waals surface area contributed by atoms with Crippen LogP contribution in [0.25, 0.3) is 0 Å². The van der Waals surface area contributed by atoms with E-state index >= 15 is 0 Å². The maximum atomic E-state index is 6.07. The summed E-state index contributed by atoms with van der Waals surface area (Å²) in [7, 11) is 0. The average molecular weight is 248 g/mol. The molecule has 1 aromatic carbocycles. The number of hydrogen-bond donors (Lipinski definition) is 0. The van der Waals surface area contributed by atoms with Gasteiger partial charge in [0.2, 0.25) is 0 Å². The number of aryl methyl sites for hydroxylation is 1. The highest BCUT2D eigenvalue weighted by atomic mass is 16.5. The van der Waals surface area contributed by atoms with Crippen LogP contribution in [-0.4, -0.2) is 6.61 Å². The molecule has 1 aromatic rings. The van der Waals surface area contributed by atoms with Crippen LogP contribution in [0.4, 0.5) is 0 Å². The average Bonchev–Trinajstić information content (AvgIpc) is 2.13. The molecule has 0 spiro atoms. The Labute approximate surface area is 113 Å². The van der Waals surface area contributed by atoms with Gasteiger partial charge in [-0.15, -0.1) is 0 Å². The van der Waals surface area contributed by atoms with E-state index in [4.69, 9.17) is 4.74 Å². The van der Waals surface area contributed by atoms with Crippen molar-refractivity contribution in [2.45, 2.75) is 60.8 Å². The third-order valence-corrected chi connectivity index (χ3v) is 3.06. The minimum absolute atomic E-state index is 0.164. The fourth-order valence-electron chi connectivity index (χ4n) is 2.15. The maximum Gasteiger partial charge on any atom is 0.125 e. The second-order valence-corrected chi connectivity index (χ2v) is 7.48. The van der Waals surface area contributed by atoms with E-state index in [1.807, 2.05) is 0 Å². The van der Waals surface area contributed by atoms with E-state index in [0.29, 0.717) is 0 Å². The molecule has 0 unspecified atom stereocenters. The van der Waals surface area contributed by atoms with Gasteiger partial charge in [-0.3, -0.25) is 0 Å². The SMILES string of the molecule is Cc1ccc(C(C)(C)C)c(C)c1OCC(C)(C)C. The van der Waals surface area contributed by atoms with E-state index in [-0.39, 0.29) is 10.8 Å². The summed E-state index contributed by atoms with van der Waals surface area (Å²) < 4.78 is 6.07. The first-order chi connectivity index (χ1) is 8.02. The second-order valence-electron chi connectivity index (χ2n) is 7.48. The van der Waals surface area contributed by atoms with Crippen LogP contribution in [-0.2, 0) is 5.41 Å². The normalized spacial score (nSPS) is 12.7. The Balaban J connectivity index is 3.12. The van der Waals surface area contributed by atoms with Crippen LogP contribution in [0.15, 0.2) is 12.1 Å². The summed E-state index contributed by atoms with van der Waals surface area (Å²) in [6.45, 7) is 18.4. The van der Waals surface area contributed by atoms with Crippen molar-refractivity contribution in [2.75, 3.05) is 6.61 Å². The Bertz CT molecular complexity index is 416. The lowest BCUT2D eigenvalue weighted by Gasteiger charge is -2.26. The predicted octanol–water partition coefficient (Wildman–Crippen LogP) is 5.03. The Morgan fingerprint density at radius 3 is 1.94 bits per heavy atom. The van der Waals surface area contributed by atoms with Gasteiger partial charge in [0.05, 0.1) is 6.61 Å². The predicted molar refractivity (Wildman–Crippen MR) is 79.6 cm³/mol. The first-order valence-corrected chi connectivity index (χ1v) is 6.76. The second kappa shape index (κ2) is 4.95. The number of ether oxygens (including phenoxy) is 1. The molecule has 102 valence electrons. The van der Waals surface area contributed by atoms with Gasteiger partial charge < -0.3 is 4.74 Å². The van der Waals surface area contributed by atoms with Crippen LogP contribution in [0.1, 0.15) is 58.2 Å². The molecule has 0 saturated heterocycles. The summed E-state index contributed by atoms with van der Waals surface area (Å²) >= 11 is 0. The van der Waals surface area contributed by atoms with Gasteiger partial charge in [0, 0.05) is 0 Å². The molecule has 0 bridgehead atoms. The molecule has 1 rings (SSSR count). The summed E-state index contributed by atoms with van der Waals surface area (Å²) in [4.78, 5) is 0. The third-order valence-electron chi connectivity index (χ3n) is 3.06. The summed E-state index contributed by atoms with van der Waals surface area (Å²) in [5, 5.41) is 0. The van der Waals surface area contributed by atoms with Crippen molar-refractivity contribution in [3.05, 3.63) is 28.8 Å². The monoisotopic (exact) mass is 248 g/mol. The third kappa shape index (κ3) is 3.76. The zero-order valence-electron chi connectivity index (χ0n) is 13.3. The lowest BCUT2D eigenvalue weighted by Crippen LogP contribution is -2.19. The van der Waals surface area contributed by atoms with Gasteiger partial charge in [0.1, 0.15) is 5.75 Å². The molecule has 0 fully saturated rings. The zero-order chi connectivity index (χ0) is 14.1. The highest BCUT2D eigenvalue weighted by molar-refractivity contribution is 5.47. The fraction of sp³-hybridized carbons (Fsp3) is 0.647. The fourth-order valence-corrected chi connectivity index (χ4v) is 2.15. The number of benzene rings is 1. The summed E-state index contributed by atoms with van der Waals surface area (Å²) in [6.07, 6.45) is 0. The Kier molecular flexibility index (Phi) is 4.15. The van der Waals surface area contributed by atoms with Gasteiger partial charge in [-0.25, -0.2) is 0 Å². The molecule has 0 aliphatic rings. The van der Waals surface area contributed by atoms with E-state index in [1.165, 1.54) is 16.7 Å². The number of rotatable bonds is 2. The quantitative estimate of drug-likeness (QED) is 0.713. The van der Waals surface area contributed by atoms with Crippen molar-refractivity contribution >= 4 is 0 Å². The van der Waals surface area contributed by atoms with E-state index in [0.717, 1.165) is 12.4 Å². The van der Waals surface area contributed by atoms with Crippen molar-refractivity contribution in [3.63, 3.8) is 0 Å². The van der Waals surface area contributed by atoms with E-state index in [1.54, 1.807) is 0 Å². The molecule has 0 amide bonds. The largest absolute Gasteiger partial charge is 0.492 e. The van der Waals surface area contributed by atoms with Crippen molar-refractivity contribution in [1.29, 1.82) is 0 Å². The smallest absolute Gasteiger partial charge is 0.125 e. The molecular weight excluding hydrogens is 220 g/mol. The van der Waals surface area contributed by atoms with Crippen LogP contribution < -0.4 is 4.74 Å². The van der Waals surface area contributed by atoms with Crippen molar-refractivity contribution in [1.82, 2.24) is 0 Å². The first-order valence-electron chi connectivity index (χ1n) is 6.76. The van der Waals surface area contributed by atoms with Gasteiger partial charge in [-0.2, -0.15) is 0 Å². The van der Waals surface area contributed by atoms with Gasteiger partial charge in [-0.05, 0) is 41.4 Å². The Morgan fingerprint density at radius 1 is 0.944 bits per heavy atom. The highest BCUT2D eigenvalue weighted by Crippen LogP contribution is 2.34. The topological polar surface area (TPSA) is 9.23 Å². The summed E-state index contributed by atoms with van der Waals surface area (Å²) in [5.74, 6) is 1.07. The molecule has 1 heteroatoms. The summed E-state index contributed by atoms with van der Waals surface area (Å²) in [6, 6.07) is 4.40. The molecule has 0 aromatic heterocycles. The van der Waals surface area contributed by atoms with Crippen molar-refractivity contribution in [3.8, 4) is 5.75 Å². The lowest BCUT2D eigenvalue weighted by atomic mass is 9.83. The molecule has 0 heterocycles. The van der Waals surface area contributed by atoms with Gasteiger partial charge in [0.25, 0.3) is 0 Å². The molecule has 0 aliphatic carbocycles. The van der Waals surface area contributed by atoms with Gasteiger partial charge in [-0.1, -0.05) is 53.7 Å². The van der Waals surface area contributed by atoms with E-state index < -0.39 is 0 Å². The van der Waals surface area contributed by atoms with Crippen LogP contribution >= 0.6 is 0 Å². The maximum absolute atomic E-state index is 6.07. The standard InChI is InChI=1S/C17H28O/c1-12-9-10-14(17(6,7)8)13(2)15(12)18-11-16(3,4)5/h9-10H,11H2,1-8H3. The van der Waals surface area contributed by atoms with Crippen LogP contribution in [0.5, 0.6) is 5.75 Å². The first kappa shape index (κ1) is 15.1. The van der Waals surface area contributed by atoms with E-state index in [9.17, 15) is 0 Å². The molecule has 0 radical (unpaired) electrons. The van der Waals surface area contributed by atoms with Crippen LogP contribution in [0, 0.1) is 19.3 Å². The molecule has 1 nitrogen and oxygen atoms in total. The van der Waals surface area contributed by atoms with Crippen molar-refractivity contribution < 1.29 is 4.74 Å². The lowest BCUT2D eigenvalue weighted by molar-refractivity contribution is 0.195. The van der Waals surface area contributed by atoms with Crippen molar-refractivity contribution in [2.24, 2.45) is 5.41 Å². The minimum Gasteiger partial charge on any atom is -0.492 e.